The molecule has 0 atom stereocenters. The Labute approximate surface area is 82.3 Å². The SMILES string of the molecule is CCC1(COC(C)=O)COC(=O)OC1. The van der Waals surface area contributed by atoms with Gasteiger partial charge in [-0.25, -0.2) is 4.79 Å². The molecule has 0 radical (unpaired) electrons. The van der Waals surface area contributed by atoms with Gasteiger partial charge in [0.05, 0.1) is 5.41 Å². The highest BCUT2D eigenvalue weighted by molar-refractivity contribution is 5.66. The lowest BCUT2D eigenvalue weighted by Gasteiger charge is -2.33. The molecule has 0 amide bonds. The third-order valence-electron chi connectivity index (χ3n) is 2.32. The average molecular weight is 202 g/mol. The van der Waals surface area contributed by atoms with E-state index < -0.39 is 6.16 Å². The molecular formula is C9H14O5. The van der Waals surface area contributed by atoms with Gasteiger partial charge in [-0.05, 0) is 6.42 Å². The highest BCUT2D eigenvalue weighted by Crippen LogP contribution is 2.27. The molecule has 1 aliphatic rings. The monoisotopic (exact) mass is 202 g/mol. The van der Waals surface area contributed by atoms with E-state index in [1.807, 2.05) is 6.92 Å². The summed E-state index contributed by atoms with van der Waals surface area (Å²) in [5, 5.41) is 0. The van der Waals surface area contributed by atoms with Crippen molar-refractivity contribution in [3.63, 3.8) is 0 Å². The predicted octanol–water partition coefficient (Wildman–Crippen LogP) is 1.11. The molecule has 1 aliphatic heterocycles. The fourth-order valence-corrected chi connectivity index (χ4v) is 1.15. The highest BCUT2D eigenvalue weighted by atomic mass is 16.7. The third-order valence-corrected chi connectivity index (χ3v) is 2.32. The molecule has 0 saturated carbocycles. The van der Waals surface area contributed by atoms with Crippen LogP contribution in [0.3, 0.4) is 0 Å². The van der Waals surface area contributed by atoms with Crippen LogP contribution in [0.5, 0.6) is 0 Å². The van der Waals surface area contributed by atoms with Gasteiger partial charge < -0.3 is 14.2 Å². The Morgan fingerprint density at radius 1 is 1.50 bits per heavy atom. The minimum atomic E-state index is -0.656. The molecule has 0 aliphatic carbocycles. The lowest BCUT2D eigenvalue weighted by atomic mass is 9.87. The summed E-state index contributed by atoms with van der Waals surface area (Å²) < 4.78 is 14.4. The Morgan fingerprint density at radius 3 is 2.50 bits per heavy atom. The molecule has 0 aromatic heterocycles. The summed E-state index contributed by atoms with van der Waals surface area (Å²) in [4.78, 5) is 21.3. The van der Waals surface area contributed by atoms with Crippen molar-refractivity contribution in [2.75, 3.05) is 19.8 Å². The van der Waals surface area contributed by atoms with Gasteiger partial charge in [-0.1, -0.05) is 6.92 Å². The summed E-state index contributed by atoms with van der Waals surface area (Å²) in [5.41, 5.74) is -0.375. The molecule has 0 unspecified atom stereocenters. The van der Waals surface area contributed by atoms with E-state index in [1.54, 1.807) is 0 Å². The van der Waals surface area contributed by atoms with Crippen molar-refractivity contribution in [1.82, 2.24) is 0 Å². The van der Waals surface area contributed by atoms with Crippen LogP contribution in [0.15, 0.2) is 0 Å². The first kappa shape index (κ1) is 10.8. The van der Waals surface area contributed by atoms with Crippen LogP contribution >= 0.6 is 0 Å². The van der Waals surface area contributed by atoms with Crippen LogP contribution in [0.1, 0.15) is 20.3 Å². The van der Waals surface area contributed by atoms with Crippen molar-refractivity contribution in [2.24, 2.45) is 5.41 Å². The summed E-state index contributed by atoms with van der Waals surface area (Å²) >= 11 is 0. The van der Waals surface area contributed by atoms with Crippen molar-refractivity contribution < 1.29 is 23.8 Å². The maximum absolute atomic E-state index is 10.7. The van der Waals surface area contributed by atoms with Gasteiger partial charge in [-0.3, -0.25) is 4.79 Å². The fourth-order valence-electron chi connectivity index (χ4n) is 1.15. The van der Waals surface area contributed by atoms with E-state index >= 15 is 0 Å². The molecule has 1 saturated heterocycles. The molecule has 5 nitrogen and oxygen atoms in total. The second kappa shape index (κ2) is 4.30. The van der Waals surface area contributed by atoms with Crippen LogP contribution in [0.4, 0.5) is 4.79 Å². The Bertz CT molecular complexity index is 225. The topological polar surface area (TPSA) is 61.8 Å². The quantitative estimate of drug-likeness (QED) is 0.641. The van der Waals surface area contributed by atoms with Crippen LogP contribution in [-0.4, -0.2) is 31.9 Å². The second-order valence-corrected chi connectivity index (χ2v) is 3.46. The van der Waals surface area contributed by atoms with Crippen molar-refractivity contribution >= 4 is 12.1 Å². The Hall–Kier alpha value is -1.26. The number of carbonyl (C=O) groups is 2. The van der Waals surface area contributed by atoms with Crippen molar-refractivity contribution in [2.45, 2.75) is 20.3 Å². The zero-order valence-electron chi connectivity index (χ0n) is 8.37. The van der Waals surface area contributed by atoms with E-state index in [0.717, 1.165) is 6.42 Å². The first-order valence-corrected chi connectivity index (χ1v) is 4.51. The molecule has 0 bridgehead atoms. The second-order valence-electron chi connectivity index (χ2n) is 3.46. The number of rotatable bonds is 3. The van der Waals surface area contributed by atoms with Crippen LogP contribution in [0.25, 0.3) is 0 Å². The summed E-state index contributed by atoms with van der Waals surface area (Å²) in [6.07, 6.45) is 0.0741. The Morgan fingerprint density at radius 2 is 2.07 bits per heavy atom. The Kier molecular flexibility index (Phi) is 3.33. The number of ether oxygens (including phenoxy) is 3. The minimum absolute atomic E-state index is 0.228. The number of cyclic esters (lactones) is 2. The minimum Gasteiger partial charge on any atom is -0.465 e. The largest absolute Gasteiger partial charge is 0.508 e. The smallest absolute Gasteiger partial charge is 0.465 e. The van der Waals surface area contributed by atoms with Crippen LogP contribution in [0.2, 0.25) is 0 Å². The first-order valence-electron chi connectivity index (χ1n) is 4.51. The van der Waals surface area contributed by atoms with E-state index in [-0.39, 0.29) is 31.2 Å². The van der Waals surface area contributed by atoms with Gasteiger partial charge in [-0.15, -0.1) is 0 Å². The molecule has 80 valence electrons. The van der Waals surface area contributed by atoms with Gasteiger partial charge in [0.2, 0.25) is 0 Å². The van der Waals surface area contributed by atoms with Gasteiger partial charge in [0.15, 0.2) is 0 Å². The predicted molar refractivity (Wildman–Crippen MR) is 46.7 cm³/mol. The van der Waals surface area contributed by atoms with Crippen molar-refractivity contribution in [3.05, 3.63) is 0 Å². The van der Waals surface area contributed by atoms with E-state index in [2.05, 4.69) is 0 Å². The van der Waals surface area contributed by atoms with Crippen LogP contribution < -0.4 is 0 Å². The van der Waals surface area contributed by atoms with Crippen molar-refractivity contribution in [1.29, 1.82) is 0 Å². The molecule has 5 heteroatoms. The average Bonchev–Trinajstić information content (AvgIpc) is 2.18. The van der Waals surface area contributed by atoms with Gasteiger partial charge in [0.1, 0.15) is 19.8 Å². The third kappa shape index (κ3) is 2.61. The number of carbonyl (C=O) groups excluding carboxylic acids is 2. The molecule has 0 spiro atoms. The van der Waals surface area contributed by atoms with E-state index in [9.17, 15) is 9.59 Å². The number of hydrogen-bond acceptors (Lipinski definition) is 5. The van der Waals surface area contributed by atoms with E-state index in [1.165, 1.54) is 6.92 Å². The fraction of sp³-hybridized carbons (Fsp3) is 0.778. The summed E-state index contributed by atoms with van der Waals surface area (Å²) in [6.45, 7) is 4.00. The molecular weight excluding hydrogens is 188 g/mol. The molecule has 1 heterocycles. The number of esters is 1. The van der Waals surface area contributed by atoms with E-state index in [0.29, 0.717) is 0 Å². The summed E-state index contributed by atoms with van der Waals surface area (Å²) in [7, 11) is 0. The molecule has 0 aromatic rings. The molecule has 0 N–H and O–H groups in total. The van der Waals surface area contributed by atoms with Gasteiger partial charge in [0, 0.05) is 6.92 Å². The van der Waals surface area contributed by atoms with Gasteiger partial charge in [0.25, 0.3) is 0 Å². The van der Waals surface area contributed by atoms with Crippen molar-refractivity contribution in [3.8, 4) is 0 Å². The number of hydrogen-bond donors (Lipinski definition) is 0. The maximum Gasteiger partial charge on any atom is 0.508 e. The zero-order valence-corrected chi connectivity index (χ0v) is 8.37. The molecule has 14 heavy (non-hydrogen) atoms. The molecule has 1 fully saturated rings. The first-order chi connectivity index (χ1) is 6.58. The zero-order chi connectivity index (χ0) is 10.6. The Balaban J connectivity index is 2.49. The standard InChI is InChI=1S/C9H14O5/c1-3-9(4-12-7(2)10)5-13-8(11)14-6-9/h3-6H2,1-2H3. The maximum atomic E-state index is 10.7. The summed E-state index contributed by atoms with van der Waals surface area (Å²) in [6, 6.07) is 0. The normalized spacial score (nSPS) is 19.4. The lowest BCUT2D eigenvalue weighted by molar-refractivity contribution is -0.150. The highest BCUT2D eigenvalue weighted by Gasteiger charge is 2.37. The lowest BCUT2D eigenvalue weighted by Crippen LogP contribution is -2.42. The summed E-state index contributed by atoms with van der Waals surface area (Å²) in [5.74, 6) is -0.338. The van der Waals surface area contributed by atoms with Crippen LogP contribution in [0, 0.1) is 5.41 Å². The van der Waals surface area contributed by atoms with Gasteiger partial charge >= 0.3 is 12.1 Å². The molecule has 1 rings (SSSR count). The van der Waals surface area contributed by atoms with Crippen LogP contribution in [-0.2, 0) is 19.0 Å². The van der Waals surface area contributed by atoms with E-state index in [4.69, 9.17) is 14.2 Å². The van der Waals surface area contributed by atoms with Gasteiger partial charge in [-0.2, -0.15) is 0 Å². The molecule has 0 aromatic carbocycles.